The molecule has 2 atom stereocenters. The van der Waals surface area contributed by atoms with Gasteiger partial charge in [-0.3, -0.25) is 4.79 Å². The fourth-order valence-electron chi connectivity index (χ4n) is 4.03. The third-order valence-corrected chi connectivity index (χ3v) is 5.62. The maximum atomic E-state index is 12.7. The summed E-state index contributed by atoms with van der Waals surface area (Å²) in [6.45, 7) is 6.25. The van der Waals surface area contributed by atoms with Crippen LogP contribution in [0.25, 0.3) is 0 Å². The molecular formula is C18H21NO2. The van der Waals surface area contributed by atoms with E-state index >= 15 is 0 Å². The van der Waals surface area contributed by atoms with E-state index in [0.717, 1.165) is 35.1 Å². The number of fused-ring (bicyclic) bond motifs is 1. The molecule has 1 unspecified atom stereocenters. The van der Waals surface area contributed by atoms with Crippen LogP contribution >= 0.6 is 0 Å². The molecule has 3 aliphatic carbocycles. The number of nitrogens with zero attached hydrogens (tertiary/aromatic N) is 1. The zero-order valence-corrected chi connectivity index (χ0v) is 12.9. The summed E-state index contributed by atoms with van der Waals surface area (Å²) in [5, 5.41) is 18.2. The molecule has 0 aromatic rings. The van der Waals surface area contributed by atoms with Gasteiger partial charge in [-0.1, -0.05) is 12.5 Å². The number of rotatable bonds is 3. The molecule has 110 valence electrons. The Morgan fingerprint density at radius 3 is 2.71 bits per heavy atom. The van der Waals surface area contributed by atoms with Crippen molar-refractivity contribution in [2.24, 2.45) is 11.3 Å². The molecule has 0 heterocycles. The Morgan fingerprint density at radius 1 is 1.48 bits per heavy atom. The Kier molecular flexibility index (Phi) is 3.18. The standard InChI is InChI=1S/C18H21NO2/c1-10-8-15-16(14(10)5-4-13(20)9-19)11(2)18(6-7-18)12(3)17(15)21/h8,12-13,20H,4-7H2,1-3H3/t12-,13?/m1/s1. The molecule has 1 N–H and O–H groups in total. The topological polar surface area (TPSA) is 61.1 Å². The highest BCUT2D eigenvalue weighted by Gasteiger charge is 2.56. The average Bonchev–Trinajstić information content (AvgIpc) is 3.20. The fourth-order valence-corrected chi connectivity index (χ4v) is 4.03. The van der Waals surface area contributed by atoms with E-state index in [0.29, 0.717) is 12.8 Å². The van der Waals surface area contributed by atoms with Crippen LogP contribution in [0.1, 0.15) is 46.5 Å². The molecule has 3 nitrogen and oxygen atoms in total. The zero-order valence-electron chi connectivity index (χ0n) is 12.9. The monoisotopic (exact) mass is 283 g/mol. The number of aliphatic hydroxyl groups is 1. The van der Waals surface area contributed by atoms with Gasteiger partial charge in [0.15, 0.2) is 5.78 Å². The van der Waals surface area contributed by atoms with Crippen molar-refractivity contribution in [2.45, 2.75) is 52.6 Å². The SMILES string of the molecule is CC1=C(CCC(O)C#N)C2=C(C)C3(CC3)[C@H](C)C(=O)C2=C1. The van der Waals surface area contributed by atoms with Gasteiger partial charge in [-0.2, -0.15) is 5.26 Å². The summed E-state index contributed by atoms with van der Waals surface area (Å²) in [5.74, 6) is 0.354. The number of ketones is 1. The molecular weight excluding hydrogens is 262 g/mol. The van der Waals surface area contributed by atoms with Gasteiger partial charge in [-0.25, -0.2) is 0 Å². The first kappa shape index (κ1) is 14.3. The minimum Gasteiger partial charge on any atom is -0.378 e. The predicted octanol–water partition coefficient (Wildman–Crippen LogP) is 3.22. The number of carbonyl (C=O) groups is 1. The van der Waals surface area contributed by atoms with Gasteiger partial charge in [0.2, 0.25) is 0 Å². The molecule has 1 fully saturated rings. The maximum absolute atomic E-state index is 12.7. The Bertz CT molecular complexity index is 653. The number of carbonyl (C=O) groups excluding carboxylic acids is 1. The van der Waals surface area contributed by atoms with Gasteiger partial charge in [0.05, 0.1) is 6.07 Å². The van der Waals surface area contributed by atoms with E-state index in [1.165, 1.54) is 5.57 Å². The van der Waals surface area contributed by atoms with Crippen molar-refractivity contribution in [2.75, 3.05) is 0 Å². The lowest BCUT2D eigenvalue weighted by atomic mass is 9.70. The molecule has 0 aliphatic heterocycles. The van der Waals surface area contributed by atoms with Crippen molar-refractivity contribution in [3.05, 3.63) is 33.9 Å². The number of hydrogen-bond acceptors (Lipinski definition) is 3. The van der Waals surface area contributed by atoms with E-state index in [4.69, 9.17) is 5.26 Å². The molecule has 0 amide bonds. The third kappa shape index (κ3) is 1.93. The largest absolute Gasteiger partial charge is 0.378 e. The molecule has 1 spiro atoms. The number of Topliss-reactive ketones (excluding diaryl/α,β-unsaturated/α-hetero) is 1. The lowest BCUT2D eigenvalue weighted by Gasteiger charge is -2.32. The molecule has 0 aromatic carbocycles. The summed E-state index contributed by atoms with van der Waals surface area (Å²) in [7, 11) is 0. The van der Waals surface area contributed by atoms with Crippen LogP contribution < -0.4 is 0 Å². The van der Waals surface area contributed by atoms with Gasteiger partial charge in [0, 0.05) is 16.9 Å². The first-order valence-corrected chi connectivity index (χ1v) is 7.68. The van der Waals surface area contributed by atoms with Crippen molar-refractivity contribution in [3.8, 4) is 6.07 Å². The maximum Gasteiger partial charge on any atom is 0.167 e. The molecule has 21 heavy (non-hydrogen) atoms. The van der Waals surface area contributed by atoms with Gasteiger partial charge in [-0.15, -0.1) is 0 Å². The normalized spacial score (nSPS) is 27.7. The summed E-state index contributed by atoms with van der Waals surface area (Å²) in [5.41, 5.74) is 5.69. The van der Waals surface area contributed by atoms with Crippen LogP contribution in [0, 0.1) is 22.7 Å². The van der Waals surface area contributed by atoms with Gasteiger partial charge in [-0.05, 0) is 62.3 Å². The smallest absolute Gasteiger partial charge is 0.167 e. The number of aliphatic hydroxyl groups excluding tert-OH is 1. The van der Waals surface area contributed by atoms with Crippen LogP contribution in [0.5, 0.6) is 0 Å². The molecule has 0 bridgehead atoms. The van der Waals surface area contributed by atoms with Crippen molar-refractivity contribution in [1.82, 2.24) is 0 Å². The van der Waals surface area contributed by atoms with Crippen LogP contribution in [0.2, 0.25) is 0 Å². The van der Waals surface area contributed by atoms with E-state index in [1.54, 1.807) is 0 Å². The van der Waals surface area contributed by atoms with Crippen molar-refractivity contribution in [1.29, 1.82) is 5.26 Å². The average molecular weight is 283 g/mol. The van der Waals surface area contributed by atoms with Gasteiger partial charge in [0.25, 0.3) is 0 Å². The molecule has 1 saturated carbocycles. The van der Waals surface area contributed by atoms with E-state index in [9.17, 15) is 9.90 Å². The quantitative estimate of drug-likeness (QED) is 0.809. The van der Waals surface area contributed by atoms with E-state index in [-0.39, 0.29) is 17.1 Å². The van der Waals surface area contributed by atoms with E-state index in [2.05, 4.69) is 13.8 Å². The molecule has 3 heteroatoms. The Morgan fingerprint density at radius 2 is 2.14 bits per heavy atom. The second-order valence-electron chi connectivity index (χ2n) is 6.65. The van der Waals surface area contributed by atoms with Crippen LogP contribution in [0.3, 0.4) is 0 Å². The van der Waals surface area contributed by atoms with Gasteiger partial charge < -0.3 is 5.11 Å². The minimum atomic E-state index is -0.927. The van der Waals surface area contributed by atoms with E-state index < -0.39 is 6.10 Å². The highest BCUT2D eigenvalue weighted by atomic mass is 16.3. The van der Waals surface area contributed by atoms with Crippen LogP contribution in [0.15, 0.2) is 33.9 Å². The highest BCUT2D eigenvalue weighted by molar-refractivity contribution is 6.07. The van der Waals surface area contributed by atoms with Crippen molar-refractivity contribution in [3.63, 3.8) is 0 Å². The molecule has 3 rings (SSSR count). The Hall–Kier alpha value is -1.66. The van der Waals surface area contributed by atoms with Gasteiger partial charge >= 0.3 is 0 Å². The fraction of sp³-hybridized carbons (Fsp3) is 0.556. The van der Waals surface area contributed by atoms with Gasteiger partial charge in [0.1, 0.15) is 6.10 Å². The number of allylic oxidation sites excluding steroid dienone is 6. The highest BCUT2D eigenvalue weighted by Crippen LogP contribution is 2.63. The Labute approximate surface area is 125 Å². The summed E-state index contributed by atoms with van der Waals surface area (Å²) in [6, 6.07) is 1.86. The lowest BCUT2D eigenvalue weighted by molar-refractivity contribution is -0.120. The molecule has 0 radical (unpaired) electrons. The van der Waals surface area contributed by atoms with Crippen LogP contribution in [-0.4, -0.2) is 17.0 Å². The minimum absolute atomic E-state index is 0.0874. The Balaban J connectivity index is 1.99. The van der Waals surface area contributed by atoms with Crippen LogP contribution in [0.4, 0.5) is 0 Å². The summed E-state index contributed by atoms with van der Waals surface area (Å²) in [6.07, 6.45) is 4.37. The summed E-state index contributed by atoms with van der Waals surface area (Å²) < 4.78 is 0. The van der Waals surface area contributed by atoms with Crippen molar-refractivity contribution >= 4 is 5.78 Å². The first-order valence-electron chi connectivity index (χ1n) is 7.68. The summed E-state index contributed by atoms with van der Waals surface area (Å²) in [4.78, 5) is 12.7. The molecule has 0 aromatic heterocycles. The van der Waals surface area contributed by atoms with E-state index in [1.807, 2.05) is 19.1 Å². The lowest BCUT2D eigenvalue weighted by Crippen LogP contribution is -2.31. The molecule has 3 aliphatic rings. The molecule has 0 saturated heterocycles. The second-order valence-corrected chi connectivity index (χ2v) is 6.65. The zero-order chi connectivity index (χ0) is 15.4. The predicted molar refractivity (Wildman–Crippen MR) is 80.2 cm³/mol. The first-order chi connectivity index (χ1) is 9.92. The van der Waals surface area contributed by atoms with Crippen molar-refractivity contribution < 1.29 is 9.90 Å². The number of hydrogen-bond donors (Lipinski definition) is 1. The number of nitriles is 1. The second kappa shape index (κ2) is 4.68. The third-order valence-electron chi connectivity index (χ3n) is 5.62. The summed E-state index contributed by atoms with van der Waals surface area (Å²) >= 11 is 0. The van der Waals surface area contributed by atoms with Crippen LogP contribution in [-0.2, 0) is 4.79 Å².